The number of sulfonamides is 1. The molecular formula is C28H32ClFN6O3S. The van der Waals surface area contributed by atoms with Gasteiger partial charge in [-0.2, -0.15) is 4.31 Å². The number of aromatic nitrogens is 2. The van der Waals surface area contributed by atoms with E-state index in [1.807, 2.05) is 18.7 Å². The molecule has 3 heterocycles. The Labute approximate surface area is 239 Å². The molecule has 40 heavy (non-hydrogen) atoms. The molecule has 212 valence electrons. The highest BCUT2D eigenvalue weighted by atomic mass is 35.5. The lowest BCUT2D eigenvalue weighted by molar-refractivity contribution is -0.133. The van der Waals surface area contributed by atoms with Crippen LogP contribution in [0.4, 0.5) is 15.9 Å². The van der Waals surface area contributed by atoms with Gasteiger partial charge in [0.05, 0.1) is 16.3 Å². The van der Waals surface area contributed by atoms with Crippen molar-refractivity contribution in [3.05, 3.63) is 76.5 Å². The average molecular weight is 587 g/mol. The van der Waals surface area contributed by atoms with Crippen LogP contribution in [0.1, 0.15) is 17.0 Å². The summed E-state index contributed by atoms with van der Waals surface area (Å²) in [5, 5.41) is 0.320. The van der Waals surface area contributed by atoms with Crippen molar-refractivity contribution in [2.75, 3.05) is 55.6 Å². The second-order valence-corrected chi connectivity index (χ2v) is 12.6. The molecule has 1 aromatic heterocycles. The van der Waals surface area contributed by atoms with Crippen molar-refractivity contribution in [3.63, 3.8) is 0 Å². The largest absolute Gasteiger partial charge is 0.357 e. The number of nitrogens with zero attached hydrogens (tertiary/aromatic N) is 6. The number of benzene rings is 2. The second kappa shape index (κ2) is 11.3. The van der Waals surface area contributed by atoms with Gasteiger partial charge in [-0.1, -0.05) is 17.7 Å². The van der Waals surface area contributed by atoms with E-state index in [9.17, 15) is 17.6 Å². The van der Waals surface area contributed by atoms with E-state index >= 15 is 0 Å². The highest BCUT2D eigenvalue weighted by Crippen LogP contribution is 2.30. The fraction of sp³-hybridized carbons (Fsp3) is 0.393. The normalized spacial score (nSPS) is 18.7. The molecular weight excluding hydrogens is 555 g/mol. The van der Waals surface area contributed by atoms with Gasteiger partial charge in [0.1, 0.15) is 17.7 Å². The standard InChI is InChI=1S/C28H32ClFN6O3S/c1-19-15-23(30)7-8-25(19)36-14-13-35(40(38,39)24-6-4-5-22(29)16-24)18-26(36)28(37)34-11-9-33(10-12-34)27-21(3)31-17-20(2)32-27/h4-8,15-17,26H,9-14,18H2,1-3H3. The van der Waals surface area contributed by atoms with Crippen LogP contribution in [0.3, 0.4) is 0 Å². The van der Waals surface area contributed by atoms with Crippen molar-refractivity contribution in [1.82, 2.24) is 19.2 Å². The number of anilines is 2. The molecule has 2 aliphatic heterocycles. The van der Waals surface area contributed by atoms with Crippen LogP contribution >= 0.6 is 11.6 Å². The molecule has 0 bridgehead atoms. The van der Waals surface area contributed by atoms with Crippen LogP contribution in [0, 0.1) is 26.6 Å². The quantitative estimate of drug-likeness (QED) is 0.452. The molecule has 9 nitrogen and oxygen atoms in total. The van der Waals surface area contributed by atoms with E-state index in [1.165, 1.54) is 28.6 Å². The third kappa shape index (κ3) is 5.63. The summed E-state index contributed by atoms with van der Waals surface area (Å²) in [6, 6.07) is 9.80. The fourth-order valence-corrected chi connectivity index (χ4v) is 7.11. The molecule has 3 aromatic rings. The maximum Gasteiger partial charge on any atom is 0.246 e. The minimum atomic E-state index is -3.89. The first kappa shape index (κ1) is 28.3. The molecule has 2 saturated heterocycles. The predicted octanol–water partition coefficient (Wildman–Crippen LogP) is 3.42. The van der Waals surface area contributed by atoms with Gasteiger partial charge in [0.15, 0.2) is 0 Å². The summed E-state index contributed by atoms with van der Waals surface area (Å²) < 4.78 is 42.4. The molecule has 0 spiro atoms. The molecule has 1 unspecified atom stereocenters. The first-order valence-corrected chi connectivity index (χ1v) is 15.0. The zero-order chi connectivity index (χ0) is 28.6. The van der Waals surface area contributed by atoms with Crippen LogP contribution in [-0.2, 0) is 14.8 Å². The number of piperazine rings is 2. The number of carbonyl (C=O) groups excluding carboxylic acids is 1. The Kier molecular flexibility index (Phi) is 7.98. The molecule has 2 aromatic carbocycles. The number of hydrogen-bond acceptors (Lipinski definition) is 7. The topological polar surface area (TPSA) is 90.0 Å². The summed E-state index contributed by atoms with van der Waals surface area (Å²) in [5.41, 5.74) is 3.05. The minimum Gasteiger partial charge on any atom is -0.357 e. The molecule has 12 heteroatoms. The number of rotatable bonds is 5. The second-order valence-electron chi connectivity index (χ2n) is 10.2. The Balaban J connectivity index is 1.40. The third-order valence-corrected chi connectivity index (χ3v) is 9.57. The molecule has 0 aliphatic carbocycles. The van der Waals surface area contributed by atoms with Crippen LogP contribution in [-0.4, -0.2) is 85.4 Å². The van der Waals surface area contributed by atoms with E-state index in [-0.39, 0.29) is 36.3 Å². The van der Waals surface area contributed by atoms with E-state index in [1.54, 1.807) is 36.2 Å². The predicted molar refractivity (Wildman–Crippen MR) is 153 cm³/mol. The van der Waals surface area contributed by atoms with Crippen LogP contribution in [0.15, 0.2) is 53.6 Å². The molecule has 0 N–H and O–H groups in total. The van der Waals surface area contributed by atoms with Crippen LogP contribution < -0.4 is 9.80 Å². The van der Waals surface area contributed by atoms with E-state index in [2.05, 4.69) is 14.9 Å². The zero-order valence-corrected chi connectivity index (χ0v) is 24.3. The highest BCUT2D eigenvalue weighted by molar-refractivity contribution is 7.89. The Morgan fingerprint density at radius 3 is 2.45 bits per heavy atom. The highest BCUT2D eigenvalue weighted by Gasteiger charge is 2.40. The molecule has 0 radical (unpaired) electrons. The number of carbonyl (C=O) groups is 1. The lowest BCUT2D eigenvalue weighted by atomic mass is 10.1. The molecule has 2 fully saturated rings. The van der Waals surface area contributed by atoms with Gasteiger partial charge in [-0.15, -0.1) is 0 Å². The fourth-order valence-electron chi connectivity index (χ4n) is 5.37. The lowest BCUT2D eigenvalue weighted by Crippen LogP contribution is -2.62. The minimum absolute atomic E-state index is 0.0345. The van der Waals surface area contributed by atoms with E-state index in [0.29, 0.717) is 42.5 Å². The molecule has 2 aliphatic rings. The number of amides is 1. The summed E-state index contributed by atoms with van der Waals surface area (Å²) in [7, 11) is -3.89. The molecule has 5 rings (SSSR count). The van der Waals surface area contributed by atoms with Gasteiger partial charge in [0.2, 0.25) is 15.9 Å². The molecule has 1 amide bonds. The Bertz CT molecular complexity index is 1530. The number of hydrogen-bond donors (Lipinski definition) is 0. The van der Waals surface area contributed by atoms with Crippen LogP contribution in [0.25, 0.3) is 0 Å². The van der Waals surface area contributed by atoms with Gasteiger partial charge in [0.25, 0.3) is 0 Å². The maximum atomic E-state index is 14.1. The zero-order valence-electron chi connectivity index (χ0n) is 22.7. The molecule has 0 saturated carbocycles. The summed E-state index contributed by atoms with van der Waals surface area (Å²) >= 11 is 6.08. The number of aryl methyl sites for hydroxylation is 3. The van der Waals surface area contributed by atoms with Crippen molar-refractivity contribution < 1.29 is 17.6 Å². The lowest BCUT2D eigenvalue weighted by Gasteiger charge is -2.45. The Morgan fingerprint density at radius 2 is 1.75 bits per heavy atom. The Morgan fingerprint density at radius 1 is 1.00 bits per heavy atom. The van der Waals surface area contributed by atoms with Crippen LogP contribution in [0.5, 0.6) is 0 Å². The van der Waals surface area contributed by atoms with Crippen molar-refractivity contribution in [2.45, 2.75) is 31.7 Å². The van der Waals surface area contributed by atoms with Crippen molar-refractivity contribution in [2.24, 2.45) is 0 Å². The van der Waals surface area contributed by atoms with Gasteiger partial charge in [0, 0.05) is 62.7 Å². The summed E-state index contributed by atoms with van der Waals surface area (Å²) in [6.45, 7) is 8.10. The van der Waals surface area contributed by atoms with Gasteiger partial charge in [-0.25, -0.2) is 17.8 Å². The monoisotopic (exact) mass is 586 g/mol. The first-order valence-electron chi connectivity index (χ1n) is 13.2. The van der Waals surface area contributed by atoms with Gasteiger partial charge >= 0.3 is 0 Å². The molecule has 1 atom stereocenters. The van der Waals surface area contributed by atoms with Crippen LogP contribution in [0.2, 0.25) is 5.02 Å². The third-order valence-electron chi connectivity index (χ3n) is 7.47. The van der Waals surface area contributed by atoms with Gasteiger partial charge in [-0.05, 0) is 62.7 Å². The maximum absolute atomic E-state index is 14.1. The van der Waals surface area contributed by atoms with Crippen molar-refractivity contribution >= 4 is 39.0 Å². The van der Waals surface area contributed by atoms with Crippen molar-refractivity contribution in [3.8, 4) is 0 Å². The summed E-state index contributed by atoms with van der Waals surface area (Å²) in [6.07, 6.45) is 1.73. The first-order chi connectivity index (χ1) is 19.0. The van der Waals surface area contributed by atoms with E-state index in [4.69, 9.17) is 11.6 Å². The van der Waals surface area contributed by atoms with E-state index in [0.717, 1.165) is 17.2 Å². The van der Waals surface area contributed by atoms with Crippen molar-refractivity contribution in [1.29, 1.82) is 0 Å². The smallest absolute Gasteiger partial charge is 0.246 e. The summed E-state index contributed by atoms with van der Waals surface area (Å²) in [5.74, 6) is 0.283. The number of halogens is 2. The van der Waals surface area contributed by atoms with Gasteiger partial charge in [-0.3, -0.25) is 9.78 Å². The van der Waals surface area contributed by atoms with E-state index < -0.39 is 16.1 Å². The summed E-state index contributed by atoms with van der Waals surface area (Å²) in [4.78, 5) is 29.0. The SMILES string of the molecule is Cc1cnc(C)c(N2CCN(C(=O)C3CN(S(=O)(=O)c4cccc(Cl)c4)CCN3c3ccc(F)cc3C)CC2)n1. The average Bonchev–Trinajstić information content (AvgIpc) is 2.94. The Hall–Kier alpha value is -3.28. The van der Waals surface area contributed by atoms with Gasteiger partial charge < -0.3 is 14.7 Å².